The molecule has 1 nitrogen and oxygen atoms in total. The second-order valence-electron chi connectivity index (χ2n) is 1.89. The van der Waals surface area contributed by atoms with Gasteiger partial charge in [-0.2, -0.15) is 0 Å². The Kier molecular flexibility index (Phi) is 3.16. The van der Waals surface area contributed by atoms with E-state index in [1.807, 2.05) is 18.2 Å². The van der Waals surface area contributed by atoms with Gasteiger partial charge in [0.1, 0.15) is 0 Å². The number of hydrogen-bond acceptors (Lipinski definition) is 1. The molecule has 10 heavy (non-hydrogen) atoms. The SMILES string of the molecule is Br/C1=C/N=C/C=C\C=C/C1. The average Bonchev–Trinajstić information content (AvgIpc) is 2.02. The van der Waals surface area contributed by atoms with E-state index in [0.29, 0.717) is 0 Å². The molecule has 1 aliphatic rings. The van der Waals surface area contributed by atoms with Gasteiger partial charge in [0.2, 0.25) is 0 Å². The minimum atomic E-state index is 0.918. The van der Waals surface area contributed by atoms with Crippen molar-refractivity contribution in [1.29, 1.82) is 0 Å². The summed E-state index contributed by atoms with van der Waals surface area (Å²) in [6.07, 6.45) is 12.4. The summed E-state index contributed by atoms with van der Waals surface area (Å²) in [7, 11) is 0. The van der Waals surface area contributed by atoms with Crippen LogP contribution in [0.5, 0.6) is 0 Å². The Hall–Kier alpha value is -0.630. The van der Waals surface area contributed by atoms with E-state index in [1.165, 1.54) is 0 Å². The molecule has 0 fully saturated rings. The van der Waals surface area contributed by atoms with Crippen LogP contribution in [-0.2, 0) is 0 Å². The summed E-state index contributed by atoms with van der Waals surface area (Å²) in [6.45, 7) is 0. The van der Waals surface area contributed by atoms with Gasteiger partial charge in [-0.25, -0.2) is 0 Å². The van der Waals surface area contributed by atoms with E-state index in [9.17, 15) is 0 Å². The van der Waals surface area contributed by atoms with Crippen LogP contribution in [0.25, 0.3) is 0 Å². The van der Waals surface area contributed by atoms with Crippen LogP contribution in [0.3, 0.4) is 0 Å². The van der Waals surface area contributed by atoms with Crippen LogP contribution in [0.4, 0.5) is 0 Å². The molecule has 0 aromatic rings. The van der Waals surface area contributed by atoms with Gasteiger partial charge in [-0.15, -0.1) is 0 Å². The van der Waals surface area contributed by atoms with Crippen LogP contribution in [0.2, 0.25) is 0 Å². The van der Waals surface area contributed by atoms with Crippen LogP contribution in [0, 0.1) is 0 Å². The Labute approximate surface area is 69.0 Å². The molecule has 1 rings (SSSR count). The molecule has 0 bridgehead atoms. The number of allylic oxidation sites excluding steroid dienone is 5. The van der Waals surface area contributed by atoms with E-state index in [-0.39, 0.29) is 0 Å². The zero-order chi connectivity index (χ0) is 7.23. The monoisotopic (exact) mass is 197 g/mol. The molecular weight excluding hydrogens is 190 g/mol. The average molecular weight is 198 g/mol. The second kappa shape index (κ2) is 4.23. The highest BCUT2D eigenvalue weighted by atomic mass is 79.9. The Morgan fingerprint density at radius 2 is 2.20 bits per heavy atom. The molecule has 0 aliphatic carbocycles. The van der Waals surface area contributed by atoms with E-state index >= 15 is 0 Å². The normalized spacial score (nSPS) is 32.3. The second-order valence-corrected chi connectivity index (χ2v) is 2.91. The minimum absolute atomic E-state index is 0.918. The van der Waals surface area contributed by atoms with Gasteiger partial charge >= 0.3 is 0 Å². The molecule has 0 spiro atoms. The van der Waals surface area contributed by atoms with Gasteiger partial charge in [-0.3, -0.25) is 4.99 Å². The van der Waals surface area contributed by atoms with Crippen LogP contribution in [0.1, 0.15) is 6.42 Å². The van der Waals surface area contributed by atoms with Crippen molar-refractivity contribution in [3.8, 4) is 0 Å². The summed E-state index contributed by atoms with van der Waals surface area (Å²) in [6, 6.07) is 0. The smallest absolute Gasteiger partial charge is 0.0372 e. The lowest BCUT2D eigenvalue weighted by molar-refractivity contribution is 1.34. The van der Waals surface area contributed by atoms with Gasteiger partial charge < -0.3 is 0 Å². The largest absolute Gasteiger partial charge is 0.264 e. The fourth-order valence-corrected chi connectivity index (χ4v) is 0.904. The molecule has 52 valence electrons. The Balaban J connectivity index is 2.70. The fourth-order valence-electron chi connectivity index (χ4n) is 0.599. The van der Waals surface area contributed by atoms with Crippen molar-refractivity contribution >= 4 is 22.1 Å². The third-order valence-electron chi connectivity index (χ3n) is 1.06. The van der Waals surface area contributed by atoms with Gasteiger partial charge in [0.15, 0.2) is 0 Å². The molecule has 0 aromatic carbocycles. The maximum atomic E-state index is 4.01. The summed E-state index contributed by atoms with van der Waals surface area (Å²) in [5.74, 6) is 0. The third kappa shape index (κ3) is 2.78. The summed E-state index contributed by atoms with van der Waals surface area (Å²) >= 11 is 3.38. The van der Waals surface area contributed by atoms with E-state index in [0.717, 1.165) is 10.9 Å². The number of nitrogens with zero attached hydrogens (tertiary/aromatic N) is 1. The molecule has 0 N–H and O–H groups in total. The highest BCUT2D eigenvalue weighted by Crippen LogP contribution is 2.10. The molecule has 1 heterocycles. The van der Waals surface area contributed by atoms with Crippen molar-refractivity contribution in [2.24, 2.45) is 4.99 Å². The van der Waals surface area contributed by atoms with Crippen molar-refractivity contribution in [3.05, 3.63) is 35.0 Å². The molecule has 2 heteroatoms. The summed E-state index contributed by atoms with van der Waals surface area (Å²) < 4.78 is 1.10. The summed E-state index contributed by atoms with van der Waals surface area (Å²) in [5, 5.41) is 0. The molecule has 1 aliphatic heterocycles. The first-order valence-corrected chi connectivity index (χ1v) is 3.88. The van der Waals surface area contributed by atoms with Gasteiger partial charge in [0, 0.05) is 16.9 Å². The predicted octanol–water partition coefficient (Wildman–Crippen LogP) is 2.81. The van der Waals surface area contributed by atoms with Crippen molar-refractivity contribution < 1.29 is 0 Å². The first-order valence-electron chi connectivity index (χ1n) is 3.09. The maximum Gasteiger partial charge on any atom is 0.0372 e. The zero-order valence-electron chi connectivity index (χ0n) is 5.50. The number of rotatable bonds is 0. The molecule has 0 unspecified atom stereocenters. The van der Waals surface area contributed by atoms with E-state index in [1.54, 1.807) is 12.4 Å². The molecule has 0 atom stereocenters. The van der Waals surface area contributed by atoms with Gasteiger partial charge in [0.25, 0.3) is 0 Å². The van der Waals surface area contributed by atoms with Crippen molar-refractivity contribution in [3.63, 3.8) is 0 Å². The lowest BCUT2D eigenvalue weighted by atomic mass is 10.3. The van der Waals surface area contributed by atoms with Crippen molar-refractivity contribution in [2.75, 3.05) is 0 Å². The van der Waals surface area contributed by atoms with Crippen molar-refractivity contribution in [2.45, 2.75) is 6.42 Å². The molecule has 0 radical (unpaired) electrons. The number of halogens is 1. The molecule has 0 aromatic heterocycles. The standard InChI is InChI=1S/C8H8BrN/c9-8-5-3-1-2-4-6-10-7-8/h1-4,6-7H,5H2/b3-1-,4-2-,8-7+,10-6+. The number of aliphatic imine (C=N–C) groups is 1. The lowest BCUT2D eigenvalue weighted by Gasteiger charge is -1.86. The van der Waals surface area contributed by atoms with E-state index in [4.69, 9.17) is 0 Å². The Morgan fingerprint density at radius 1 is 1.30 bits per heavy atom. The molecular formula is C8H8BrN. The topological polar surface area (TPSA) is 12.4 Å². The highest BCUT2D eigenvalue weighted by molar-refractivity contribution is 9.11. The fraction of sp³-hybridized carbons (Fsp3) is 0.125. The van der Waals surface area contributed by atoms with Gasteiger partial charge in [-0.1, -0.05) is 34.2 Å². The van der Waals surface area contributed by atoms with Gasteiger partial charge in [0.05, 0.1) is 0 Å². The van der Waals surface area contributed by atoms with Crippen LogP contribution in [-0.4, -0.2) is 6.21 Å². The summed E-state index contributed by atoms with van der Waals surface area (Å²) in [4.78, 5) is 4.01. The zero-order valence-corrected chi connectivity index (χ0v) is 7.08. The lowest BCUT2D eigenvalue weighted by Crippen LogP contribution is -1.64. The maximum absolute atomic E-state index is 4.01. The van der Waals surface area contributed by atoms with Crippen LogP contribution >= 0.6 is 15.9 Å². The molecule has 0 amide bonds. The van der Waals surface area contributed by atoms with Gasteiger partial charge in [-0.05, 0) is 12.5 Å². The summed E-state index contributed by atoms with van der Waals surface area (Å²) in [5.41, 5.74) is 0. The highest BCUT2D eigenvalue weighted by Gasteiger charge is 1.84. The Morgan fingerprint density at radius 3 is 3.10 bits per heavy atom. The van der Waals surface area contributed by atoms with Crippen molar-refractivity contribution in [1.82, 2.24) is 0 Å². The third-order valence-corrected chi connectivity index (χ3v) is 1.59. The number of hydrogen-bond donors (Lipinski definition) is 0. The first kappa shape index (κ1) is 7.48. The van der Waals surface area contributed by atoms with Crippen LogP contribution < -0.4 is 0 Å². The van der Waals surface area contributed by atoms with E-state index < -0.39 is 0 Å². The first-order chi connectivity index (χ1) is 4.89. The minimum Gasteiger partial charge on any atom is -0.264 e. The Bertz CT molecular complexity index is 211. The van der Waals surface area contributed by atoms with Crippen LogP contribution in [0.15, 0.2) is 40.0 Å². The predicted molar refractivity (Wildman–Crippen MR) is 48.4 cm³/mol. The van der Waals surface area contributed by atoms with E-state index in [2.05, 4.69) is 27.0 Å². The molecule has 0 saturated carbocycles. The molecule has 0 saturated heterocycles. The quantitative estimate of drug-likeness (QED) is 0.567.